The van der Waals surface area contributed by atoms with E-state index in [4.69, 9.17) is 5.73 Å². The van der Waals surface area contributed by atoms with Crippen molar-refractivity contribution in [2.45, 2.75) is 31.3 Å². The molecular formula is C20H25N7OS. The molecule has 9 heteroatoms. The van der Waals surface area contributed by atoms with E-state index in [2.05, 4.69) is 42.6 Å². The molecule has 3 aromatic rings. The minimum atomic E-state index is -0.0841. The number of aromatic amines is 1. The standard InChI is InChI=1S/C20H25N7OS/c21-12-6-9-27(11-12)16-4-3-15(29-16)18-25-17-14(5-8-23-19(17)26-18)20(28)24-13-2-1-7-22-10-13/h3-5,8,12-13,22H,1-2,6-7,9-11,21H2,(H,24,28)(H,23,25,26)/t12-,13+/m1/s1. The first-order valence-corrected chi connectivity index (χ1v) is 11.0. The average Bonchev–Trinajstić information content (AvgIpc) is 3.46. The van der Waals surface area contributed by atoms with Crippen LogP contribution in [0, 0.1) is 0 Å². The van der Waals surface area contributed by atoms with E-state index in [1.165, 1.54) is 5.00 Å². The molecule has 5 rings (SSSR count). The zero-order chi connectivity index (χ0) is 19.8. The molecule has 5 heterocycles. The summed E-state index contributed by atoms with van der Waals surface area (Å²) in [5.41, 5.74) is 7.87. The molecule has 2 atom stereocenters. The summed E-state index contributed by atoms with van der Waals surface area (Å²) in [7, 11) is 0. The molecule has 8 nitrogen and oxygen atoms in total. The third kappa shape index (κ3) is 3.73. The third-order valence-electron chi connectivity index (χ3n) is 5.63. The van der Waals surface area contributed by atoms with Crippen molar-refractivity contribution in [3.05, 3.63) is 30.0 Å². The van der Waals surface area contributed by atoms with E-state index in [-0.39, 0.29) is 18.0 Å². The van der Waals surface area contributed by atoms with Crippen LogP contribution < -0.4 is 21.3 Å². The number of rotatable bonds is 4. The van der Waals surface area contributed by atoms with Crippen LogP contribution in [0.5, 0.6) is 0 Å². The zero-order valence-electron chi connectivity index (χ0n) is 16.1. The minimum Gasteiger partial charge on any atom is -0.362 e. The maximum atomic E-state index is 12.9. The molecule has 0 spiro atoms. The Morgan fingerprint density at radius 1 is 1.31 bits per heavy atom. The maximum absolute atomic E-state index is 12.9. The summed E-state index contributed by atoms with van der Waals surface area (Å²) in [5, 5.41) is 7.65. The normalized spacial score (nSPS) is 22.3. The van der Waals surface area contributed by atoms with E-state index >= 15 is 0 Å². The van der Waals surface area contributed by atoms with Gasteiger partial charge in [-0.2, -0.15) is 0 Å². The monoisotopic (exact) mass is 411 g/mol. The number of imidazole rings is 1. The lowest BCUT2D eigenvalue weighted by atomic mass is 10.1. The van der Waals surface area contributed by atoms with Crippen molar-refractivity contribution in [2.75, 3.05) is 31.1 Å². The Bertz CT molecular complexity index is 1020. The Labute approximate surface area is 172 Å². The number of carbonyl (C=O) groups is 1. The highest BCUT2D eigenvalue weighted by atomic mass is 32.1. The number of hydrogen-bond acceptors (Lipinski definition) is 7. The van der Waals surface area contributed by atoms with Gasteiger partial charge in [0, 0.05) is 37.9 Å². The summed E-state index contributed by atoms with van der Waals surface area (Å²) in [4.78, 5) is 28.5. The molecule has 2 saturated heterocycles. The molecule has 29 heavy (non-hydrogen) atoms. The average molecular weight is 412 g/mol. The van der Waals surface area contributed by atoms with Crippen LogP contribution in [0.25, 0.3) is 21.9 Å². The molecule has 0 aliphatic carbocycles. The lowest BCUT2D eigenvalue weighted by molar-refractivity contribution is 0.0932. The first-order chi connectivity index (χ1) is 14.2. The number of H-pyrrole nitrogens is 1. The SMILES string of the molecule is N[C@@H]1CCN(c2ccc(-c3nc4nccc(C(=O)N[C@H]5CCCNC5)c4[nH]3)s2)C1. The number of thiophene rings is 1. The number of nitrogens with zero attached hydrogens (tertiary/aromatic N) is 3. The van der Waals surface area contributed by atoms with Crippen LogP contribution in [-0.2, 0) is 0 Å². The van der Waals surface area contributed by atoms with Gasteiger partial charge in [0.2, 0.25) is 0 Å². The summed E-state index contributed by atoms with van der Waals surface area (Å²) in [6, 6.07) is 6.34. The molecule has 2 aliphatic heterocycles. The van der Waals surface area contributed by atoms with Gasteiger partial charge >= 0.3 is 0 Å². The summed E-state index contributed by atoms with van der Waals surface area (Å²) in [5.74, 6) is 0.658. The number of nitrogens with one attached hydrogen (secondary N) is 3. The molecule has 2 fully saturated rings. The summed E-state index contributed by atoms with van der Waals surface area (Å²) >= 11 is 1.68. The molecule has 2 aliphatic rings. The second-order valence-corrected chi connectivity index (χ2v) is 8.85. The van der Waals surface area contributed by atoms with E-state index < -0.39 is 0 Å². The minimum absolute atomic E-state index is 0.0841. The van der Waals surface area contributed by atoms with E-state index in [1.54, 1.807) is 23.6 Å². The van der Waals surface area contributed by atoms with Gasteiger partial charge in [0.25, 0.3) is 5.91 Å². The molecule has 1 amide bonds. The lowest BCUT2D eigenvalue weighted by Gasteiger charge is -2.23. The number of anilines is 1. The van der Waals surface area contributed by atoms with Gasteiger partial charge < -0.3 is 26.3 Å². The van der Waals surface area contributed by atoms with Gasteiger partial charge in [-0.3, -0.25) is 4.79 Å². The number of piperidine rings is 1. The van der Waals surface area contributed by atoms with E-state index in [0.717, 1.165) is 56.1 Å². The predicted octanol–water partition coefficient (Wildman–Crippen LogP) is 1.71. The van der Waals surface area contributed by atoms with Crippen LogP contribution in [0.4, 0.5) is 5.00 Å². The Morgan fingerprint density at radius 2 is 2.24 bits per heavy atom. The van der Waals surface area contributed by atoms with Crippen molar-refractivity contribution >= 4 is 33.4 Å². The molecule has 0 unspecified atom stereocenters. The van der Waals surface area contributed by atoms with Crippen LogP contribution in [0.15, 0.2) is 24.4 Å². The van der Waals surface area contributed by atoms with Gasteiger partial charge in [-0.15, -0.1) is 11.3 Å². The number of pyridine rings is 1. The quantitative estimate of drug-likeness (QED) is 0.520. The van der Waals surface area contributed by atoms with Gasteiger partial charge in [-0.05, 0) is 44.0 Å². The molecule has 0 radical (unpaired) electrons. The maximum Gasteiger partial charge on any atom is 0.253 e. The van der Waals surface area contributed by atoms with Crippen molar-refractivity contribution in [3.8, 4) is 10.7 Å². The predicted molar refractivity (Wildman–Crippen MR) is 115 cm³/mol. The zero-order valence-corrected chi connectivity index (χ0v) is 17.0. The van der Waals surface area contributed by atoms with Gasteiger partial charge in [0.1, 0.15) is 0 Å². The summed E-state index contributed by atoms with van der Waals surface area (Å²) < 4.78 is 0. The summed E-state index contributed by atoms with van der Waals surface area (Å²) in [6.45, 7) is 3.71. The van der Waals surface area contributed by atoms with Crippen LogP contribution in [0.2, 0.25) is 0 Å². The van der Waals surface area contributed by atoms with Crippen molar-refractivity contribution in [1.29, 1.82) is 0 Å². The van der Waals surface area contributed by atoms with Gasteiger partial charge in [-0.1, -0.05) is 0 Å². The second-order valence-electron chi connectivity index (χ2n) is 7.79. The molecule has 3 aromatic heterocycles. The summed E-state index contributed by atoms with van der Waals surface area (Å²) in [6.07, 6.45) is 4.75. The highest BCUT2D eigenvalue weighted by Gasteiger charge is 2.22. The number of nitrogens with two attached hydrogens (primary N) is 1. The van der Waals surface area contributed by atoms with Crippen molar-refractivity contribution in [1.82, 2.24) is 25.6 Å². The van der Waals surface area contributed by atoms with Crippen LogP contribution in [0.1, 0.15) is 29.6 Å². The smallest absolute Gasteiger partial charge is 0.253 e. The largest absolute Gasteiger partial charge is 0.362 e. The Balaban J connectivity index is 1.40. The topological polar surface area (TPSA) is 112 Å². The highest BCUT2D eigenvalue weighted by Crippen LogP contribution is 2.34. The van der Waals surface area contributed by atoms with Crippen LogP contribution >= 0.6 is 11.3 Å². The number of amides is 1. The molecule has 5 N–H and O–H groups in total. The fraction of sp³-hybridized carbons (Fsp3) is 0.450. The first kappa shape index (κ1) is 18.5. The van der Waals surface area contributed by atoms with Crippen LogP contribution in [-0.4, -0.2) is 59.1 Å². The number of hydrogen-bond donors (Lipinski definition) is 4. The van der Waals surface area contributed by atoms with E-state index in [0.29, 0.717) is 16.7 Å². The molecular weight excluding hydrogens is 386 g/mol. The second kappa shape index (κ2) is 7.74. The Morgan fingerprint density at radius 3 is 3.03 bits per heavy atom. The van der Waals surface area contributed by atoms with Crippen molar-refractivity contribution in [2.24, 2.45) is 5.73 Å². The Kier molecular flexibility index (Phi) is 4.94. The number of fused-ring (bicyclic) bond motifs is 1. The third-order valence-corrected chi connectivity index (χ3v) is 6.78. The molecule has 152 valence electrons. The Hall–Kier alpha value is -2.49. The van der Waals surface area contributed by atoms with Gasteiger partial charge in [0.15, 0.2) is 11.5 Å². The first-order valence-electron chi connectivity index (χ1n) is 10.1. The highest BCUT2D eigenvalue weighted by molar-refractivity contribution is 7.19. The van der Waals surface area contributed by atoms with Crippen LogP contribution in [0.3, 0.4) is 0 Å². The van der Waals surface area contributed by atoms with Crippen molar-refractivity contribution < 1.29 is 4.79 Å². The molecule has 0 saturated carbocycles. The molecule has 0 bridgehead atoms. The van der Waals surface area contributed by atoms with Gasteiger partial charge in [-0.25, -0.2) is 9.97 Å². The van der Waals surface area contributed by atoms with E-state index in [1.807, 2.05) is 0 Å². The van der Waals surface area contributed by atoms with Crippen molar-refractivity contribution in [3.63, 3.8) is 0 Å². The number of carbonyl (C=O) groups excluding carboxylic acids is 1. The molecule has 0 aromatic carbocycles. The number of aromatic nitrogens is 3. The van der Waals surface area contributed by atoms with Gasteiger partial charge in [0.05, 0.1) is 21.0 Å². The van der Waals surface area contributed by atoms with E-state index in [9.17, 15) is 4.79 Å². The lowest BCUT2D eigenvalue weighted by Crippen LogP contribution is -2.45. The fourth-order valence-corrected chi connectivity index (χ4v) is 5.05. The fourth-order valence-electron chi connectivity index (χ4n) is 4.07.